The number of alkyl carbamates (subject to hydrolysis) is 1. The molecule has 20 heavy (non-hydrogen) atoms. The molecule has 1 aliphatic rings. The van der Waals surface area contributed by atoms with Crippen molar-refractivity contribution in [3.63, 3.8) is 0 Å². The van der Waals surface area contributed by atoms with Gasteiger partial charge in [-0.25, -0.2) is 4.79 Å². The number of amides is 1. The molecule has 2 unspecified atom stereocenters. The second kappa shape index (κ2) is 7.81. The summed E-state index contributed by atoms with van der Waals surface area (Å²) in [7, 11) is 2.01. The molecule has 6 nitrogen and oxygen atoms in total. The molecule has 0 saturated carbocycles. The fourth-order valence-corrected chi connectivity index (χ4v) is 2.19. The van der Waals surface area contributed by atoms with Gasteiger partial charge in [0, 0.05) is 32.3 Å². The Morgan fingerprint density at radius 2 is 2.25 bits per heavy atom. The van der Waals surface area contributed by atoms with E-state index in [1.54, 1.807) is 0 Å². The van der Waals surface area contributed by atoms with E-state index in [1.807, 2.05) is 27.8 Å². The van der Waals surface area contributed by atoms with Gasteiger partial charge in [0.2, 0.25) is 0 Å². The van der Waals surface area contributed by atoms with Crippen LogP contribution in [-0.4, -0.2) is 62.0 Å². The molecule has 1 rings (SSSR count). The summed E-state index contributed by atoms with van der Waals surface area (Å²) in [5.41, 5.74) is 5.31. The van der Waals surface area contributed by atoms with E-state index in [1.165, 1.54) is 0 Å². The normalized spacial score (nSPS) is 21.0. The number of ether oxygens (including phenoxy) is 2. The first-order valence-electron chi connectivity index (χ1n) is 7.30. The van der Waals surface area contributed by atoms with Gasteiger partial charge in [-0.15, -0.1) is 0 Å². The Labute approximate surface area is 122 Å². The van der Waals surface area contributed by atoms with Gasteiger partial charge in [0.25, 0.3) is 0 Å². The van der Waals surface area contributed by atoms with E-state index in [4.69, 9.17) is 15.2 Å². The summed E-state index contributed by atoms with van der Waals surface area (Å²) in [6, 6.07) is 0.0896. The number of nitrogens with one attached hydrogen (secondary N) is 1. The lowest BCUT2D eigenvalue weighted by Gasteiger charge is -2.29. The van der Waals surface area contributed by atoms with Gasteiger partial charge in [-0.05, 0) is 40.7 Å². The molecule has 1 heterocycles. The molecule has 0 radical (unpaired) electrons. The Morgan fingerprint density at radius 3 is 2.75 bits per heavy atom. The maximum absolute atomic E-state index is 11.6. The molecule has 6 heteroatoms. The van der Waals surface area contributed by atoms with Gasteiger partial charge < -0.3 is 20.5 Å². The van der Waals surface area contributed by atoms with Crippen molar-refractivity contribution in [3.05, 3.63) is 0 Å². The van der Waals surface area contributed by atoms with E-state index in [2.05, 4.69) is 10.2 Å². The molecular weight excluding hydrogens is 258 g/mol. The third kappa shape index (κ3) is 6.54. The largest absolute Gasteiger partial charge is 0.444 e. The Balaban J connectivity index is 2.32. The maximum Gasteiger partial charge on any atom is 0.407 e. The van der Waals surface area contributed by atoms with Gasteiger partial charge in [-0.1, -0.05) is 0 Å². The van der Waals surface area contributed by atoms with E-state index < -0.39 is 11.7 Å². The number of likely N-dealkylation sites (N-methyl/N-ethyl adjacent to an activating group) is 1. The number of rotatable bonds is 6. The average Bonchev–Trinajstić information content (AvgIpc) is 2.80. The van der Waals surface area contributed by atoms with Crippen LogP contribution < -0.4 is 11.1 Å². The zero-order valence-corrected chi connectivity index (χ0v) is 13.1. The van der Waals surface area contributed by atoms with Crippen molar-refractivity contribution in [2.24, 2.45) is 5.73 Å². The zero-order chi connectivity index (χ0) is 15.2. The lowest BCUT2D eigenvalue weighted by atomic mass is 10.2. The average molecular weight is 287 g/mol. The van der Waals surface area contributed by atoms with E-state index in [0.29, 0.717) is 13.1 Å². The minimum absolute atomic E-state index is 0.0896. The van der Waals surface area contributed by atoms with Crippen LogP contribution in [0.15, 0.2) is 0 Å². The molecule has 3 N–H and O–H groups in total. The SMILES string of the molecule is CN(CC1CCCO1)C(CN)CNC(=O)OC(C)(C)C. The molecule has 0 bridgehead atoms. The second-order valence-electron chi connectivity index (χ2n) is 6.35. The number of nitrogens with two attached hydrogens (primary N) is 1. The van der Waals surface area contributed by atoms with Crippen LogP contribution in [-0.2, 0) is 9.47 Å². The minimum atomic E-state index is -0.480. The number of carbonyl (C=O) groups is 1. The molecule has 118 valence electrons. The van der Waals surface area contributed by atoms with Crippen molar-refractivity contribution in [2.45, 2.75) is 51.4 Å². The van der Waals surface area contributed by atoms with E-state index in [-0.39, 0.29) is 12.1 Å². The predicted molar refractivity (Wildman–Crippen MR) is 78.7 cm³/mol. The van der Waals surface area contributed by atoms with Crippen LogP contribution in [0.5, 0.6) is 0 Å². The van der Waals surface area contributed by atoms with Crippen LogP contribution in [0.3, 0.4) is 0 Å². The van der Waals surface area contributed by atoms with Gasteiger partial charge in [-0.2, -0.15) is 0 Å². The van der Waals surface area contributed by atoms with Crippen LogP contribution in [0, 0.1) is 0 Å². The molecule has 0 spiro atoms. The summed E-state index contributed by atoms with van der Waals surface area (Å²) in [5.74, 6) is 0. The summed E-state index contributed by atoms with van der Waals surface area (Å²) in [4.78, 5) is 13.8. The van der Waals surface area contributed by atoms with E-state index in [0.717, 1.165) is 26.0 Å². The van der Waals surface area contributed by atoms with Crippen LogP contribution in [0.25, 0.3) is 0 Å². The Kier molecular flexibility index (Phi) is 6.71. The lowest BCUT2D eigenvalue weighted by Crippen LogP contribution is -2.49. The Morgan fingerprint density at radius 1 is 1.55 bits per heavy atom. The molecular formula is C14H29N3O3. The first-order chi connectivity index (χ1) is 9.31. The van der Waals surface area contributed by atoms with Crippen molar-refractivity contribution in [1.29, 1.82) is 0 Å². The Hall–Kier alpha value is -0.850. The van der Waals surface area contributed by atoms with Gasteiger partial charge >= 0.3 is 6.09 Å². The van der Waals surface area contributed by atoms with Crippen LogP contribution in [0.1, 0.15) is 33.6 Å². The minimum Gasteiger partial charge on any atom is -0.444 e. The van der Waals surface area contributed by atoms with Gasteiger partial charge in [0.15, 0.2) is 0 Å². The highest BCUT2D eigenvalue weighted by Crippen LogP contribution is 2.13. The van der Waals surface area contributed by atoms with Crippen molar-refractivity contribution in [1.82, 2.24) is 10.2 Å². The zero-order valence-electron chi connectivity index (χ0n) is 13.1. The first kappa shape index (κ1) is 17.2. The summed E-state index contributed by atoms with van der Waals surface area (Å²) >= 11 is 0. The van der Waals surface area contributed by atoms with Crippen LogP contribution in [0.4, 0.5) is 4.79 Å². The smallest absolute Gasteiger partial charge is 0.407 e. The second-order valence-corrected chi connectivity index (χ2v) is 6.35. The summed E-state index contributed by atoms with van der Waals surface area (Å²) in [6.45, 7) is 8.19. The fraction of sp³-hybridized carbons (Fsp3) is 0.929. The molecule has 0 aromatic heterocycles. The summed E-state index contributed by atoms with van der Waals surface area (Å²) < 4.78 is 10.8. The van der Waals surface area contributed by atoms with Crippen LogP contribution in [0.2, 0.25) is 0 Å². The summed E-state index contributed by atoms with van der Waals surface area (Å²) in [5, 5.41) is 2.77. The quantitative estimate of drug-likeness (QED) is 0.760. The van der Waals surface area contributed by atoms with Gasteiger partial charge in [0.1, 0.15) is 5.60 Å². The molecule has 0 aromatic rings. The number of carbonyl (C=O) groups excluding carboxylic acids is 1. The monoisotopic (exact) mass is 287 g/mol. The highest BCUT2D eigenvalue weighted by molar-refractivity contribution is 5.67. The fourth-order valence-electron chi connectivity index (χ4n) is 2.19. The maximum atomic E-state index is 11.6. The molecule has 1 fully saturated rings. The summed E-state index contributed by atoms with van der Waals surface area (Å²) in [6.07, 6.45) is 2.11. The number of hydrogen-bond acceptors (Lipinski definition) is 5. The van der Waals surface area contributed by atoms with Crippen molar-refractivity contribution < 1.29 is 14.3 Å². The molecule has 1 amide bonds. The van der Waals surface area contributed by atoms with Crippen molar-refractivity contribution in [2.75, 3.05) is 33.3 Å². The number of hydrogen-bond donors (Lipinski definition) is 2. The van der Waals surface area contributed by atoms with E-state index >= 15 is 0 Å². The highest BCUT2D eigenvalue weighted by atomic mass is 16.6. The topological polar surface area (TPSA) is 76.8 Å². The van der Waals surface area contributed by atoms with Crippen molar-refractivity contribution in [3.8, 4) is 0 Å². The molecule has 1 saturated heterocycles. The third-order valence-electron chi connectivity index (χ3n) is 3.29. The number of nitrogens with zero attached hydrogens (tertiary/aromatic N) is 1. The van der Waals surface area contributed by atoms with Gasteiger partial charge in [0.05, 0.1) is 6.10 Å². The lowest BCUT2D eigenvalue weighted by molar-refractivity contribution is 0.0485. The van der Waals surface area contributed by atoms with Crippen molar-refractivity contribution >= 4 is 6.09 Å². The third-order valence-corrected chi connectivity index (χ3v) is 3.29. The van der Waals surface area contributed by atoms with Crippen LogP contribution >= 0.6 is 0 Å². The standard InChI is InChI=1S/C14H29N3O3/c1-14(2,3)20-13(18)16-9-11(8-15)17(4)10-12-6-5-7-19-12/h11-12H,5-10,15H2,1-4H3,(H,16,18). The first-order valence-corrected chi connectivity index (χ1v) is 7.30. The van der Waals surface area contributed by atoms with Gasteiger partial charge in [-0.3, -0.25) is 4.90 Å². The molecule has 1 aliphatic heterocycles. The van der Waals surface area contributed by atoms with E-state index in [9.17, 15) is 4.79 Å². The Bertz CT molecular complexity index is 299. The predicted octanol–water partition coefficient (Wildman–Crippen LogP) is 0.949. The molecule has 0 aliphatic carbocycles. The molecule has 2 atom stereocenters. The highest BCUT2D eigenvalue weighted by Gasteiger charge is 2.22. The molecule has 0 aromatic carbocycles.